The molecule has 0 bridgehead atoms. The smallest absolute Gasteiger partial charge is 0.193 e. The summed E-state index contributed by atoms with van der Waals surface area (Å²) >= 11 is 0. The average molecular weight is 685 g/mol. The molecule has 0 spiro atoms. The topological polar surface area (TPSA) is 75.6 Å². The monoisotopic (exact) mass is 684 g/mol. The normalized spacial score (nSPS) is 21.5. The quantitative estimate of drug-likeness (QED) is 0.159. The molecule has 0 amide bonds. The zero-order valence-electron chi connectivity index (χ0n) is 30.7. The van der Waals surface area contributed by atoms with Crippen molar-refractivity contribution in [1.29, 1.82) is 0 Å². The SMILES string of the molecule is COc1ccc(COC[C@H]2O[C@@H](CC(O)C#CCO[Si](C)(C)C(C)(C)C)[C@H](O[Si](C)(C)C(C)(C)C)C[C@@H]2OCc2ccccc2)cc1. The van der Waals surface area contributed by atoms with Crippen LogP contribution in [0, 0.1) is 11.8 Å². The van der Waals surface area contributed by atoms with Gasteiger partial charge in [-0.2, -0.15) is 0 Å². The molecule has 5 atom stereocenters. The predicted octanol–water partition coefficient (Wildman–Crippen LogP) is 8.12. The Bertz CT molecular complexity index is 1270. The van der Waals surface area contributed by atoms with Gasteiger partial charge in [-0.3, -0.25) is 0 Å². The van der Waals surface area contributed by atoms with Crippen molar-refractivity contribution in [2.24, 2.45) is 0 Å². The molecule has 0 aliphatic carbocycles. The Morgan fingerprint density at radius 2 is 1.45 bits per heavy atom. The van der Waals surface area contributed by atoms with Gasteiger partial charge >= 0.3 is 0 Å². The van der Waals surface area contributed by atoms with Crippen LogP contribution in [0.15, 0.2) is 54.6 Å². The molecule has 7 nitrogen and oxygen atoms in total. The Kier molecular flexibility index (Phi) is 14.3. The van der Waals surface area contributed by atoms with E-state index < -0.39 is 22.7 Å². The van der Waals surface area contributed by atoms with Gasteiger partial charge in [0.05, 0.1) is 51.8 Å². The molecule has 3 rings (SSSR count). The first-order valence-electron chi connectivity index (χ1n) is 16.9. The van der Waals surface area contributed by atoms with Crippen LogP contribution in [0.3, 0.4) is 0 Å². The van der Waals surface area contributed by atoms with E-state index in [2.05, 4.69) is 91.7 Å². The minimum Gasteiger partial charge on any atom is -0.497 e. The number of rotatable bonds is 14. The van der Waals surface area contributed by atoms with Gasteiger partial charge in [-0.1, -0.05) is 95.8 Å². The van der Waals surface area contributed by atoms with Crippen molar-refractivity contribution in [3.63, 3.8) is 0 Å². The highest BCUT2D eigenvalue weighted by molar-refractivity contribution is 6.74. The second-order valence-corrected chi connectivity index (χ2v) is 25.3. The minimum absolute atomic E-state index is 0.00970. The first-order chi connectivity index (χ1) is 21.9. The van der Waals surface area contributed by atoms with Crippen molar-refractivity contribution in [2.75, 3.05) is 20.3 Å². The summed E-state index contributed by atoms with van der Waals surface area (Å²) in [5, 5.41) is 11.2. The highest BCUT2D eigenvalue weighted by atomic mass is 28.4. The maximum Gasteiger partial charge on any atom is 0.193 e. The van der Waals surface area contributed by atoms with E-state index in [1.165, 1.54) is 0 Å². The van der Waals surface area contributed by atoms with Crippen LogP contribution in [0.4, 0.5) is 0 Å². The molecule has 262 valence electrons. The molecule has 47 heavy (non-hydrogen) atoms. The van der Waals surface area contributed by atoms with Gasteiger partial charge < -0.3 is 32.9 Å². The van der Waals surface area contributed by atoms with Crippen LogP contribution in [-0.4, -0.2) is 72.6 Å². The van der Waals surface area contributed by atoms with Gasteiger partial charge in [0.25, 0.3) is 0 Å². The number of ether oxygens (including phenoxy) is 4. The summed E-state index contributed by atoms with van der Waals surface area (Å²) in [4.78, 5) is 0. The molecule has 0 radical (unpaired) electrons. The fourth-order valence-electron chi connectivity index (χ4n) is 4.80. The summed E-state index contributed by atoms with van der Waals surface area (Å²) < 4.78 is 38.0. The Morgan fingerprint density at radius 3 is 2.04 bits per heavy atom. The Labute approximate surface area is 286 Å². The largest absolute Gasteiger partial charge is 0.497 e. The van der Waals surface area contributed by atoms with Crippen molar-refractivity contribution in [2.45, 2.75) is 134 Å². The van der Waals surface area contributed by atoms with E-state index in [0.29, 0.717) is 39.3 Å². The van der Waals surface area contributed by atoms with Crippen LogP contribution in [0.25, 0.3) is 0 Å². The minimum atomic E-state index is -2.18. The second kappa shape index (κ2) is 17.1. The molecule has 9 heteroatoms. The lowest BCUT2D eigenvalue weighted by molar-refractivity contribution is -0.203. The number of methoxy groups -OCH3 is 1. The van der Waals surface area contributed by atoms with Crippen molar-refractivity contribution in [3.8, 4) is 17.6 Å². The molecule has 2 aromatic carbocycles. The van der Waals surface area contributed by atoms with E-state index in [-0.39, 0.29) is 34.5 Å². The zero-order valence-corrected chi connectivity index (χ0v) is 32.7. The number of aliphatic hydroxyl groups is 1. The number of hydrogen-bond acceptors (Lipinski definition) is 7. The van der Waals surface area contributed by atoms with Crippen molar-refractivity contribution in [3.05, 3.63) is 65.7 Å². The lowest BCUT2D eigenvalue weighted by atomic mass is 9.94. The van der Waals surface area contributed by atoms with Gasteiger partial charge in [-0.05, 0) is 59.5 Å². The van der Waals surface area contributed by atoms with E-state index >= 15 is 0 Å². The molecule has 1 heterocycles. The highest BCUT2D eigenvalue weighted by Crippen LogP contribution is 2.40. The molecular weight excluding hydrogens is 625 g/mol. The average Bonchev–Trinajstić information content (AvgIpc) is 2.99. The van der Waals surface area contributed by atoms with Gasteiger partial charge in [0.2, 0.25) is 0 Å². The summed E-state index contributed by atoms with van der Waals surface area (Å²) in [6, 6.07) is 18.0. The first kappa shape index (κ1) is 39.4. The van der Waals surface area contributed by atoms with Crippen LogP contribution in [0.5, 0.6) is 5.75 Å². The zero-order chi connectivity index (χ0) is 34.9. The molecule has 1 saturated heterocycles. The van der Waals surface area contributed by atoms with Gasteiger partial charge in [-0.25, -0.2) is 0 Å². The van der Waals surface area contributed by atoms with Crippen LogP contribution in [0.1, 0.15) is 65.5 Å². The van der Waals surface area contributed by atoms with E-state index in [9.17, 15) is 5.11 Å². The number of hydrogen-bond donors (Lipinski definition) is 1. The lowest BCUT2D eigenvalue weighted by Gasteiger charge is -2.46. The standard InChI is InChI=1S/C38H60O7Si2/c1-37(2,3)46(8,9)43-23-15-18-31(39)24-34-35(45-47(10,11)38(4,5)6)25-33(42-27-29-16-13-12-14-17-29)36(44-34)28-41-26-30-19-21-32(40-7)22-20-30/h12-14,16-17,19-22,31,33-36,39H,23-28H2,1-11H3/t31?,33-,34-,35+,36+/m0/s1. The number of benzene rings is 2. The molecule has 1 fully saturated rings. The fraction of sp³-hybridized carbons (Fsp3) is 0.632. The molecule has 1 aliphatic rings. The van der Waals surface area contributed by atoms with Crippen LogP contribution in [-0.2, 0) is 36.3 Å². The summed E-state index contributed by atoms with van der Waals surface area (Å²) in [5.41, 5.74) is 2.14. The molecule has 2 aromatic rings. The predicted molar refractivity (Wildman–Crippen MR) is 195 cm³/mol. The molecular formula is C38H60O7Si2. The molecule has 1 unspecified atom stereocenters. The maximum absolute atomic E-state index is 11.1. The summed E-state index contributed by atoms with van der Waals surface area (Å²) in [7, 11) is -2.45. The van der Waals surface area contributed by atoms with Crippen LogP contribution in [0.2, 0.25) is 36.3 Å². The molecule has 0 aromatic heterocycles. The van der Waals surface area contributed by atoms with Gasteiger partial charge in [0, 0.05) is 12.8 Å². The van der Waals surface area contributed by atoms with Crippen LogP contribution < -0.4 is 4.74 Å². The third-order valence-electron chi connectivity index (χ3n) is 9.95. The third kappa shape index (κ3) is 12.1. The van der Waals surface area contributed by atoms with Gasteiger partial charge in [-0.15, -0.1) is 0 Å². The van der Waals surface area contributed by atoms with Gasteiger partial charge in [0.1, 0.15) is 18.0 Å². The summed E-state index contributed by atoms with van der Waals surface area (Å²) in [6.45, 7) is 23.8. The third-order valence-corrected chi connectivity index (χ3v) is 18.9. The van der Waals surface area contributed by atoms with Crippen molar-refractivity contribution >= 4 is 16.6 Å². The number of aliphatic hydroxyl groups excluding tert-OH is 1. The molecule has 1 N–H and O–H groups in total. The molecule has 1 aliphatic heterocycles. The Hall–Kier alpha value is -2.01. The van der Waals surface area contributed by atoms with Crippen molar-refractivity contribution < 1.29 is 32.9 Å². The van der Waals surface area contributed by atoms with Crippen LogP contribution >= 0.6 is 0 Å². The maximum atomic E-state index is 11.1. The van der Waals surface area contributed by atoms with E-state index in [4.69, 9.17) is 27.8 Å². The van der Waals surface area contributed by atoms with E-state index in [1.807, 2.05) is 42.5 Å². The first-order valence-corrected chi connectivity index (χ1v) is 22.7. The summed E-state index contributed by atoms with van der Waals surface area (Å²) in [5.74, 6) is 6.90. The Morgan fingerprint density at radius 1 is 0.830 bits per heavy atom. The summed E-state index contributed by atoms with van der Waals surface area (Å²) in [6.07, 6.45) is -1.14. The fourth-order valence-corrected chi connectivity index (χ4v) is 7.03. The molecule has 0 saturated carbocycles. The van der Waals surface area contributed by atoms with E-state index in [0.717, 1.165) is 16.9 Å². The Balaban J connectivity index is 1.79. The van der Waals surface area contributed by atoms with Crippen molar-refractivity contribution in [1.82, 2.24) is 0 Å². The lowest BCUT2D eigenvalue weighted by Crippen LogP contribution is -2.56. The highest BCUT2D eigenvalue weighted by Gasteiger charge is 2.46. The van der Waals surface area contributed by atoms with Gasteiger partial charge in [0.15, 0.2) is 16.6 Å². The van der Waals surface area contributed by atoms with E-state index in [1.54, 1.807) is 7.11 Å². The second-order valence-electron chi connectivity index (χ2n) is 15.7.